The normalized spacial score (nSPS) is 10.9. The van der Waals surface area contributed by atoms with E-state index in [0.29, 0.717) is 11.5 Å². The van der Waals surface area contributed by atoms with Crippen molar-refractivity contribution in [3.8, 4) is 0 Å². The van der Waals surface area contributed by atoms with E-state index in [1.54, 1.807) is 7.05 Å². The molecule has 0 aliphatic heterocycles. The van der Waals surface area contributed by atoms with Gasteiger partial charge in [0, 0.05) is 24.8 Å². The van der Waals surface area contributed by atoms with Crippen LogP contribution in [0.15, 0.2) is 18.2 Å². The number of nitrogens with one attached hydrogen (secondary N) is 2. The van der Waals surface area contributed by atoms with Gasteiger partial charge in [-0.3, -0.25) is 4.79 Å². The second-order valence-corrected chi connectivity index (χ2v) is 5.67. The molecule has 4 nitrogen and oxygen atoms in total. The Morgan fingerprint density at radius 3 is 2.58 bits per heavy atom. The Balaban J connectivity index is 2.89. The first-order chi connectivity index (χ1) is 8.77. The zero-order valence-corrected chi connectivity index (χ0v) is 12.6. The van der Waals surface area contributed by atoms with Crippen molar-refractivity contribution in [2.75, 3.05) is 18.9 Å². The zero-order valence-electron chi connectivity index (χ0n) is 11.8. The molecule has 0 saturated heterocycles. The lowest BCUT2D eigenvalue weighted by Crippen LogP contribution is -2.39. The number of aryl methyl sites for hydroxylation is 1. The number of nitrogens with two attached hydrogens (primary N) is 1. The first-order valence-corrected chi connectivity index (χ1v) is 6.55. The van der Waals surface area contributed by atoms with E-state index in [-0.39, 0.29) is 5.91 Å². The maximum absolute atomic E-state index is 11.7. The molecule has 1 aromatic rings. The van der Waals surface area contributed by atoms with Gasteiger partial charge in [-0.05, 0) is 32.9 Å². The highest BCUT2D eigenvalue weighted by molar-refractivity contribution is 7.80. The van der Waals surface area contributed by atoms with E-state index in [2.05, 4.69) is 10.6 Å². The van der Waals surface area contributed by atoms with Crippen LogP contribution >= 0.6 is 12.2 Å². The highest BCUT2D eigenvalue weighted by Crippen LogP contribution is 2.21. The number of thiocarbonyl (C=S) groups is 1. The Morgan fingerprint density at radius 1 is 1.42 bits per heavy atom. The number of amides is 1. The van der Waals surface area contributed by atoms with Crippen LogP contribution < -0.4 is 16.4 Å². The van der Waals surface area contributed by atoms with Crippen molar-refractivity contribution in [1.29, 1.82) is 0 Å². The summed E-state index contributed by atoms with van der Waals surface area (Å²) in [4.78, 5) is 12.1. The number of carbonyl (C=O) groups is 1. The number of hydrogen-bond donors (Lipinski definition) is 3. The predicted octanol–water partition coefficient (Wildman–Crippen LogP) is 1.81. The maximum Gasteiger partial charge on any atom is 0.227 e. The zero-order chi connectivity index (χ0) is 14.6. The summed E-state index contributed by atoms with van der Waals surface area (Å²) in [5.41, 5.74) is 7.97. The summed E-state index contributed by atoms with van der Waals surface area (Å²) in [5.74, 6) is -0.0102. The Morgan fingerprint density at radius 2 is 2.05 bits per heavy atom. The summed E-state index contributed by atoms with van der Waals surface area (Å²) >= 11 is 5.05. The largest absolute Gasteiger partial charge is 0.389 e. The summed E-state index contributed by atoms with van der Waals surface area (Å²) in [6.07, 6.45) is 0. The van der Waals surface area contributed by atoms with E-state index >= 15 is 0 Å². The molecule has 0 radical (unpaired) electrons. The van der Waals surface area contributed by atoms with E-state index in [9.17, 15) is 4.79 Å². The molecular formula is C14H21N3OS. The minimum absolute atomic E-state index is 0.0102. The number of carbonyl (C=O) groups excluding carboxylic acids is 1. The van der Waals surface area contributed by atoms with Crippen molar-refractivity contribution >= 4 is 28.8 Å². The van der Waals surface area contributed by atoms with Gasteiger partial charge in [0.15, 0.2) is 0 Å². The van der Waals surface area contributed by atoms with E-state index in [1.807, 2.05) is 39.0 Å². The average Bonchev–Trinajstić information content (AvgIpc) is 2.36. The van der Waals surface area contributed by atoms with Crippen LogP contribution in [0.4, 0.5) is 5.69 Å². The molecule has 104 valence electrons. The first kappa shape index (κ1) is 15.4. The molecular weight excluding hydrogens is 258 g/mol. The van der Waals surface area contributed by atoms with Gasteiger partial charge in [-0.15, -0.1) is 0 Å². The topological polar surface area (TPSA) is 67.2 Å². The lowest BCUT2D eigenvalue weighted by molar-refractivity contribution is -0.128. The summed E-state index contributed by atoms with van der Waals surface area (Å²) in [5, 5.41) is 5.91. The summed E-state index contributed by atoms with van der Waals surface area (Å²) in [6.45, 7) is 6.26. The lowest BCUT2D eigenvalue weighted by Gasteiger charge is -2.24. The fourth-order valence-corrected chi connectivity index (χ4v) is 1.92. The molecule has 0 heterocycles. The van der Waals surface area contributed by atoms with Gasteiger partial charge in [-0.2, -0.15) is 0 Å². The van der Waals surface area contributed by atoms with E-state index < -0.39 is 5.41 Å². The molecule has 19 heavy (non-hydrogen) atoms. The molecule has 0 aliphatic rings. The number of hydrogen-bond acceptors (Lipinski definition) is 3. The smallest absolute Gasteiger partial charge is 0.227 e. The Hall–Kier alpha value is -1.62. The van der Waals surface area contributed by atoms with Crippen LogP contribution in [-0.2, 0) is 4.79 Å². The fourth-order valence-electron chi connectivity index (χ4n) is 1.75. The summed E-state index contributed by atoms with van der Waals surface area (Å²) in [7, 11) is 1.64. The van der Waals surface area contributed by atoms with Crippen LogP contribution in [0, 0.1) is 12.3 Å². The molecule has 4 N–H and O–H groups in total. The van der Waals surface area contributed by atoms with Gasteiger partial charge in [0.2, 0.25) is 5.91 Å². The van der Waals surface area contributed by atoms with Crippen molar-refractivity contribution in [3.63, 3.8) is 0 Å². The van der Waals surface area contributed by atoms with Gasteiger partial charge >= 0.3 is 0 Å². The van der Waals surface area contributed by atoms with Crippen LogP contribution in [0.3, 0.4) is 0 Å². The molecule has 0 saturated carbocycles. The molecule has 0 bridgehead atoms. The monoisotopic (exact) mass is 279 g/mol. The minimum atomic E-state index is -0.507. The van der Waals surface area contributed by atoms with Crippen LogP contribution in [0.1, 0.15) is 25.0 Å². The van der Waals surface area contributed by atoms with Gasteiger partial charge in [0.25, 0.3) is 0 Å². The van der Waals surface area contributed by atoms with Gasteiger partial charge in [-0.1, -0.05) is 23.8 Å². The third kappa shape index (κ3) is 3.92. The molecule has 1 aromatic carbocycles. The second kappa shape index (κ2) is 6.02. The molecule has 0 aliphatic carbocycles. The van der Waals surface area contributed by atoms with Gasteiger partial charge < -0.3 is 16.4 Å². The van der Waals surface area contributed by atoms with Crippen LogP contribution in [0.2, 0.25) is 0 Å². The maximum atomic E-state index is 11.7. The number of benzene rings is 1. The number of rotatable bonds is 5. The summed E-state index contributed by atoms with van der Waals surface area (Å²) in [6, 6.07) is 5.86. The molecule has 1 amide bonds. The van der Waals surface area contributed by atoms with E-state index in [0.717, 1.165) is 16.8 Å². The van der Waals surface area contributed by atoms with Crippen molar-refractivity contribution in [1.82, 2.24) is 5.32 Å². The van der Waals surface area contributed by atoms with Gasteiger partial charge in [0.1, 0.15) is 4.99 Å². The van der Waals surface area contributed by atoms with Crippen LogP contribution in [0.5, 0.6) is 0 Å². The minimum Gasteiger partial charge on any atom is -0.389 e. The highest BCUT2D eigenvalue weighted by atomic mass is 32.1. The van der Waals surface area contributed by atoms with Crippen molar-refractivity contribution in [2.24, 2.45) is 11.1 Å². The Kier molecular flexibility index (Phi) is 4.89. The summed E-state index contributed by atoms with van der Waals surface area (Å²) < 4.78 is 0. The predicted molar refractivity (Wildman–Crippen MR) is 83.4 cm³/mol. The van der Waals surface area contributed by atoms with Gasteiger partial charge in [-0.25, -0.2) is 0 Å². The molecule has 0 spiro atoms. The molecule has 0 fully saturated rings. The van der Waals surface area contributed by atoms with E-state index in [4.69, 9.17) is 18.0 Å². The standard InChI is InChI=1S/C14H21N3OS/c1-9-5-6-11(10(7-9)12(15)19)17-8-14(2,3)13(18)16-4/h5-7,17H,8H2,1-4H3,(H2,15,19)(H,16,18). The first-order valence-electron chi connectivity index (χ1n) is 6.14. The van der Waals surface area contributed by atoms with Crippen molar-refractivity contribution in [2.45, 2.75) is 20.8 Å². The average molecular weight is 279 g/mol. The van der Waals surface area contributed by atoms with Crippen LogP contribution in [0.25, 0.3) is 0 Å². The highest BCUT2D eigenvalue weighted by Gasteiger charge is 2.26. The molecule has 0 atom stereocenters. The lowest BCUT2D eigenvalue weighted by atomic mass is 9.92. The van der Waals surface area contributed by atoms with Gasteiger partial charge in [0.05, 0.1) is 5.41 Å². The van der Waals surface area contributed by atoms with Crippen LogP contribution in [-0.4, -0.2) is 24.5 Å². The Labute approximate surface area is 119 Å². The molecule has 0 unspecified atom stereocenters. The van der Waals surface area contributed by atoms with Crippen molar-refractivity contribution in [3.05, 3.63) is 29.3 Å². The number of anilines is 1. The van der Waals surface area contributed by atoms with E-state index in [1.165, 1.54) is 0 Å². The second-order valence-electron chi connectivity index (χ2n) is 5.23. The third-order valence-electron chi connectivity index (χ3n) is 3.00. The van der Waals surface area contributed by atoms with Crippen molar-refractivity contribution < 1.29 is 4.79 Å². The Bertz CT molecular complexity index is 497. The third-order valence-corrected chi connectivity index (χ3v) is 3.22. The molecule has 5 heteroatoms. The molecule has 1 rings (SSSR count). The SMILES string of the molecule is CNC(=O)C(C)(C)CNc1ccc(C)cc1C(N)=S. The quantitative estimate of drug-likeness (QED) is 0.719. The molecule has 0 aromatic heterocycles. The fraction of sp³-hybridized carbons (Fsp3) is 0.429.